The number of hydrogen-bond donors (Lipinski definition) is 1. The minimum Gasteiger partial charge on any atom is -0.337 e. The Labute approximate surface area is 164 Å². The van der Waals surface area contributed by atoms with Gasteiger partial charge in [-0.2, -0.15) is 32.9 Å². The molecule has 1 amide bonds. The van der Waals surface area contributed by atoms with E-state index in [1.807, 2.05) is 6.92 Å². The number of piperidine rings is 1. The highest BCUT2D eigenvalue weighted by atomic mass is 19.4. The van der Waals surface area contributed by atoms with Crippen LogP contribution >= 0.6 is 0 Å². The Kier molecular flexibility index (Phi) is 4.97. The van der Waals surface area contributed by atoms with Crippen molar-refractivity contribution >= 4 is 11.7 Å². The standard InChI is InChI=1S/C18H20F3N7O/c1-2-4-12-7-14(26-25-12)16(29)27-6-3-5-11(9-27)13-8-15(18(19,20)21)28-17(24-13)22-10-23-28/h7-8,10-11H,2-6,9H2,1H3,(H,25,26). The number of hydrogen-bond acceptors (Lipinski definition) is 5. The molecule has 0 aromatic carbocycles. The Morgan fingerprint density at radius 3 is 2.93 bits per heavy atom. The number of nitrogens with one attached hydrogen (secondary N) is 1. The number of carbonyl (C=O) groups is 1. The number of rotatable bonds is 4. The van der Waals surface area contributed by atoms with Gasteiger partial charge in [0, 0.05) is 24.7 Å². The molecule has 11 heteroatoms. The van der Waals surface area contributed by atoms with Crippen molar-refractivity contribution in [3.05, 3.63) is 41.2 Å². The number of H-pyrrole nitrogens is 1. The normalized spacial score (nSPS) is 17.8. The molecule has 3 aromatic rings. The molecule has 4 rings (SSSR count). The lowest BCUT2D eigenvalue weighted by atomic mass is 9.94. The summed E-state index contributed by atoms with van der Waals surface area (Å²) in [6.45, 7) is 2.85. The predicted molar refractivity (Wildman–Crippen MR) is 96.2 cm³/mol. The molecule has 0 radical (unpaired) electrons. The van der Waals surface area contributed by atoms with Crippen molar-refractivity contribution in [1.82, 2.24) is 34.7 Å². The van der Waals surface area contributed by atoms with Gasteiger partial charge < -0.3 is 4.90 Å². The molecule has 1 atom stereocenters. The van der Waals surface area contributed by atoms with Crippen molar-refractivity contribution in [1.29, 1.82) is 0 Å². The second kappa shape index (κ2) is 7.45. The number of aryl methyl sites for hydroxylation is 1. The van der Waals surface area contributed by atoms with Crippen LogP contribution in [0.1, 0.15) is 59.7 Å². The fourth-order valence-electron chi connectivity index (χ4n) is 3.68. The van der Waals surface area contributed by atoms with Crippen LogP contribution in [0.4, 0.5) is 13.2 Å². The summed E-state index contributed by atoms with van der Waals surface area (Å²) in [6, 6.07) is 2.74. The summed E-state index contributed by atoms with van der Waals surface area (Å²) in [5.74, 6) is -0.646. The highest BCUT2D eigenvalue weighted by Crippen LogP contribution is 2.33. The Hall–Kier alpha value is -2.98. The molecule has 0 saturated carbocycles. The van der Waals surface area contributed by atoms with E-state index in [-0.39, 0.29) is 29.8 Å². The zero-order valence-corrected chi connectivity index (χ0v) is 15.8. The molecule has 3 aromatic heterocycles. The number of halogens is 3. The van der Waals surface area contributed by atoms with Gasteiger partial charge >= 0.3 is 6.18 Å². The second-order valence-electron chi connectivity index (χ2n) is 7.15. The van der Waals surface area contributed by atoms with Crippen LogP contribution in [0.25, 0.3) is 5.78 Å². The smallest absolute Gasteiger partial charge is 0.337 e. The summed E-state index contributed by atoms with van der Waals surface area (Å²) in [5.41, 5.74) is 0.558. The monoisotopic (exact) mass is 407 g/mol. The Morgan fingerprint density at radius 1 is 1.34 bits per heavy atom. The zero-order valence-electron chi connectivity index (χ0n) is 15.8. The highest BCUT2D eigenvalue weighted by molar-refractivity contribution is 5.92. The van der Waals surface area contributed by atoms with Crippen LogP contribution in [0.3, 0.4) is 0 Å². The molecular formula is C18H20F3N7O. The molecule has 1 unspecified atom stereocenters. The van der Waals surface area contributed by atoms with Crippen LogP contribution in [-0.2, 0) is 12.6 Å². The molecule has 8 nitrogen and oxygen atoms in total. The average Bonchev–Trinajstić information content (AvgIpc) is 3.35. The van der Waals surface area contributed by atoms with Gasteiger partial charge in [0.25, 0.3) is 11.7 Å². The van der Waals surface area contributed by atoms with Crippen LogP contribution in [-0.4, -0.2) is 53.7 Å². The fraction of sp³-hybridized carbons (Fsp3) is 0.500. The summed E-state index contributed by atoms with van der Waals surface area (Å²) in [5, 5.41) is 10.6. The van der Waals surface area contributed by atoms with Crippen molar-refractivity contribution in [2.24, 2.45) is 0 Å². The lowest BCUT2D eigenvalue weighted by molar-refractivity contribution is -0.142. The number of carbonyl (C=O) groups excluding carboxylic acids is 1. The Balaban J connectivity index is 1.59. The largest absolute Gasteiger partial charge is 0.433 e. The first-order valence-electron chi connectivity index (χ1n) is 9.48. The lowest BCUT2D eigenvalue weighted by Gasteiger charge is -2.32. The van der Waals surface area contributed by atoms with Crippen molar-refractivity contribution in [2.45, 2.75) is 44.7 Å². The average molecular weight is 407 g/mol. The van der Waals surface area contributed by atoms with E-state index in [4.69, 9.17) is 0 Å². The minimum absolute atomic E-state index is 0.102. The van der Waals surface area contributed by atoms with Gasteiger partial charge in [-0.15, -0.1) is 0 Å². The summed E-state index contributed by atoms with van der Waals surface area (Å²) < 4.78 is 41.0. The molecule has 0 bridgehead atoms. The van der Waals surface area contributed by atoms with E-state index in [0.717, 1.165) is 30.9 Å². The van der Waals surface area contributed by atoms with Crippen molar-refractivity contribution in [3.8, 4) is 0 Å². The molecule has 4 heterocycles. The minimum atomic E-state index is -4.58. The first kappa shape index (κ1) is 19.3. The maximum Gasteiger partial charge on any atom is 0.433 e. The first-order valence-corrected chi connectivity index (χ1v) is 9.48. The number of fused-ring (bicyclic) bond motifs is 1. The van der Waals surface area contributed by atoms with E-state index in [1.165, 1.54) is 0 Å². The number of aromatic nitrogens is 6. The van der Waals surface area contributed by atoms with E-state index in [9.17, 15) is 18.0 Å². The predicted octanol–water partition coefficient (Wildman–Crippen LogP) is 2.84. The maximum atomic E-state index is 13.4. The van der Waals surface area contributed by atoms with E-state index < -0.39 is 11.9 Å². The van der Waals surface area contributed by atoms with Gasteiger partial charge in [-0.25, -0.2) is 4.98 Å². The number of likely N-dealkylation sites (tertiary alicyclic amines) is 1. The van der Waals surface area contributed by atoms with Gasteiger partial charge in [-0.3, -0.25) is 9.89 Å². The molecule has 1 aliphatic heterocycles. The number of alkyl halides is 3. The maximum absolute atomic E-state index is 13.4. The fourth-order valence-corrected chi connectivity index (χ4v) is 3.68. The number of aromatic amines is 1. The molecule has 1 aliphatic rings. The third kappa shape index (κ3) is 3.81. The van der Waals surface area contributed by atoms with Gasteiger partial charge in [0.1, 0.15) is 12.0 Å². The van der Waals surface area contributed by atoms with Crippen molar-refractivity contribution in [3.63, 3.8) is 0 Å². The van der Waals surface area contributed by atoms with E-state index in [1.54, 1.807) is 11.0 Å². The van der Waals surface area contributed by atoms with Crippen LogP contribution in [0.2, 0.25) is 0 Å². The SMILES string of the molecule is CCCc1cc(C(=O)N2CCCC(c3cc(C(F)(F)F)n4ncnc4n3)C2)n[nH]1. The van der Waals surface area contributed by atoms with E-state index in [2.05, 4.69) is 25.3 Å². The van der Waals surface area contributed by atoms with E-state index >= 15 is 0 Å². The van der Waals surface area contributed by atoms with Crippen LogP contribution in [0.15, 0.2) is 18.5 Å². The van der Waals surface area contributed by atoms with Crippen LogP contribution < -0.4 is 0 Å². The summed E-state index contributed by atoms with van der Waals surface area (Å²) >= 11 is 0. The third-order valence-electron chi connectivity index (χ3n) is 5.06. The van der Waals surface area contributed by atoms with Crippen molar-refractivity contribution in [2.75, 3.05) is 13.1 Å². The summed E-state index contributed by atoms with van der Waals surface area (Å²) in [7, 11) is 0. The van der Waals surface area contributed by atoms with E-state index in [0.29, 0.717) is 29.6 Å². The molecule has 0 aliphatic carbocycles. The molecule has 0 spiro atoms. The summed E-state index contributed by atoms with van der Waals surface area (Å²) in [4.78, 5) is 22.5. The Bertz CT molecular complexity index is 1030. The Morgan fingerprint density at radius 2 is 2.17 bits per heavy atom. The second-order valence-corrected chi connectivity index (χ2v) is 7.15. The van der Waals surface area contributed by atoms with Gasteiger partial charge in [0.05, 0.1) is 5.69 Å². The zero-order chi connectivity index (χ0) is 20.6. The van der Waals surface area contributed by atoms with Crippen LogP contribution in [0, 0.1) is 0 Å². The molecule has 1 saturated heterocycles. The van der Waals surface area contributed by atoms with Gasteiger partial charge in [0.2, 0.25) is 0 Å². The van der Waals surface area contributed by atoms with Gasteiger partial charge in [0.15, 0.2) is 5.69 Å². The van der Waals surface area contributed by atoms with Crippen LogP contribution in [0.5, 0.6) is 0 Å². The topological polar surface area (TPSA) is 92.1 Å². The summed E-state index contributed by atoms with van der Waals surface area (Å²) in [6.07, 6.45) is -0.503. The molecule has 1 N–H and O–H groups in total. The van der Waals surface area contributed by atoms with Gasteiger partial charge in [-0.05, 0) is 31.4 Å². The lowest BCUT2D eigenvalue weighted by Crippen LogP contribution is -2.39. The first-order chi connectivity index (χ1) is 13.9. The molecule has 1 fully saturated rings. The molecule has 154 valence electrons. The number of nitrogens with zero attached hydrogens (tertiary/aromatic N) is 6. The van der Waals surface area contributed by atoms with Gasteiger partial charge in [-0.1, -0.05) is 13.3 Å². The number of amides is 1. The molecular weight excluding hydrogens is 387 g/mol. The molecule has 29 heavy (non-hydrogen) atoms. The highest BCUT2D eigenvalue weighted by Gasteiger charge is 2.37. The quantitative estimate of drug-likeness (QED) is 0.718. The third-order valence-corrected chi connectivity index (χ3v) is 5.06. The van der Waals surface area contributed by atoms with Crippen molar-refractivity contribution < 1.29 is 18.0 Å².